The van der Waals surface area contributed by atoms with Gasteiger partial charge in [0.05, 0.1) is 0 Å². The second-order valence-corrected chi connectivity index (χ2v) is 6.86. The van der Waals surface area contributed by atoms with E-state index in [2.05, 4.69) is 27.4 Å². The van der Waals surface area contributed by atoms with E-state index in [4.69, 9.17) is 5.73 Å². The number of carbonyl (C=O) groups excluding carboxylic acids is 1. The number of anilines is 2. The van der Waals surface area contributed by atoms with Gasteiger partial charge in [-0.3, -0.25) is 4.79 Å². The van der Waals surface area contributed by atoms with Gasteiger partial charge in [-0.1, -0.05) is 18.3 Å². The van der Waals surface area contributed by atoms with Crippen LogP contribution in [0.15, 0.2) is 0 Å². The molecule has 1 aliphatic carbocycles. The number of rotatable bonds is 5. The molecule has 1 aromatic rings. The molecule has 1 saturated heterocycles. The summed E-state index contributed by atoms with van der Waals surface area (Å²) >= 11 is 1.36. The minimum atomic E-state index is -0.0863. The number of nitrogen functional groups attached to an aromatic ring is 1. The van der Waals surface area contributed by atoms with Crippen molar-refractivity contribution < 1.29 is 4.79 Å². The van der Waals surface area contributed by atoms with Gasteiger partial charge in [-0.2, -0.15) is 0 Å². The Kier molecular flexibility index (Phi) is 4.30. The predicted octanol–water partition coefficient (Wildman–Crippen LogP) is 1.51. The zero-order valence-electron chi connectivity index (χ0n) is 12.4. The molecule has 1 aromatic heterocycles. The number of amides is 1. The Morgan fingerprint density at radius 2 is 2.24 bits per heavy atom. The van der Waals surface area contributed by atoms with E-state index in [1.807, 2.05) is 0 Å². The molecule has 4 N–H and O–H groups in total. The molecule has 2 heterocycles. The first-order valence-corrected chi connectivity index (χ1v) is 8.53. The van der Waals surface area contributed by atoms with Crippen molar-refractivity contribution in [2.24, 2.45) is 0 Å². The first kappa shape index (κ1) is 14.6. The Balaban J connectivity index is 1.60. The number of hydrogen-bond donors (Lipinski definition) is 3. The van der Waals surface area contributed by atoms with Crippen LogP contribution in [0.1, 0.15) is 42.3 Å². The molecule has 2 fully saturated rings. The van der Waals surface area contributed by atoms with Gasteiger partial charge >= 0.3 is 0 Å². The summed E-state index contributed by atoms with van der Waals surface area (Å²) in [6.07, 6.45) is 4.52. The second-order valence-electron chi connectivity index (χ2n) is 5.86. The zero-order chi connectivity index (χ0) is 14.8. The quantitative estimate of drug-likeness (QED) is 0.768. The highest BCUT2D eigenvalue weighted by atomic mass is 32.1. The van der Waals surface area contributed by atoms with Crippen LogP contribution in [-0.4, -0.2) is 47.5 Å². The first-order valence-electron chi connectivity index (χ1n) is 7.71. The van der Waals surface area contributed by atoms with Gasteiger partial charge in [0.15, 0.2) is 5.13 Å². The molecule has 2 aliphatic rings. The number of nitrogens with zero attached hydrogens (tertiary/aromatic N) is 2. The summed E-state index contributed by atoms with van der Waals surface area (Å²) in [5.41, 5.74) is 5.89. The average Bonchev–Trinajstić information content (AvgIpc) is 3.20. The third kappa shape index (κ3) is 3.65. The monoisotopic (exact) mass is 309 g/mol. The molecule has 7 heteroatoms. The largest absolute Gasteiger partial charge is 0.382 e. The number of aromatic nitrogens is 1. The van der Waals surface area contributed by atoms with Crippen molar-refractivity contribution in [1.29, 1.82) is 0 Å². The van der Waals surface area contributed by atoms with Crippen LogP contribution in [0.5, 0.6) is 0 Å². The lowest BCUT2D eigenvalue weighted by atomic mass is 10.1. The van der Waals surface area contributed by atoms with Crippen molar-refractivity contribution in [3.05, 3.63) is 4.88 Å². The van der Waals surface area contributed by atoms with E-state index < -0.39 is 0 Å². The predicted molar refractivity (Wildman–Crippen MR) is 85.8 cm³/mol. The molecule has 0 spiro atoms. The summed E-state index contributed by atoms with van der Waals surface area (Å²) in [5.74, 6) is 0.251. The van der Waals surface area contributed by atoms with Crippen molar-refractivity contribution in [2.75, 3.05) is 30.7 Å². The Morgan fingerprint density at radius 1 is 1.43 bits per heavy atom. The molecule has 1 atom stereocenters. The fraction of sp³-hybridized carbons (Fsp3) is 0.714. The number of hydrogen-bond acceptors (Lipinski definition) is 6. The van der Waals surface area contributed by atoms with E-state index in [9.17, 15) is 4.79 Å². The topological polar surface area (TPSA) is 83.3 Å². The van der Waals surface area contributed by atoms with E-state index in [-0.39, 0.29) is 11.9 Å². The number of piperidine rings is 1. The van der Waals surface area contributed by atoms with Gasteiger partial charge in [-0.15, -0.1) is 0 Å². The lowest BCUT2D eigenvalue weighted by Gasteiger charge is -2.32. The van der Waals surface area contributed by atoms with E-state index in [0.29, 0.717) is 16.7 Å². The maximum absolute atomic E-state index is 12.4. The highest BCUT2D eigenvalue weighted by Crippen LogP contribution is 2.30. The number of nitrogens with two attached hydrogens (primary N) is 1. The second kappa shape index (κ2) is 6.19. The SMILES string of the molecule is CCN1CCCC(NC(=O)c2sc(NC3CC3)nc2N)C1. The maximum atomic E-state index is 12.4. The number of likely N-dealkylation sites (N-methyl/N-ethyl adjacent to an activating group) is 1. The third-order valence-corrected chi connectivity index (χ3v) is 5.05. The van der Waals surface area contributed by atoms with Crippen LogP contribution in [-0.2, 0) is 0 Å². The van der Waals surface area contributed by atoms with E-state index in [1.165, 1.54) is 24.2 Å². The summed E-state index contributed by atoms with van der Waals surface area (Å²) in [5, 5.41) is 7.16. The zero-order valence-corrected chi connectivity index (χ0v) is 13.2. The molecule has 1 unspecified atom stereocenters. The van der Waals surface area contributed by atoms with Crippen LogP contribution in [0.4, 0.5) is 10.9 Å². The Hall–Kier alpha value is -1.34. The van der Waals surface area contributed by atoms with Crippen LogP contribution in [0, 0.1) is 0 Å². The minimum Gasteiger partial charge on any atom is -0.382 e. The summed E-state index contributed by atoms with van der Waals surface area (Å²) in [6, 6.07) is 0.732. The molecule has 116 valence electrons. The molecular formula is C14H23N5OS. The molecule has 6 nitrogen and oxygen atoms in total. The van der Waals surface area contributed by atoms with Gasteiger partial charge < -0.3 is 21.3 Å². The van der Waals surface area contributed by atoms with Crippen LogP contribution < -0.4 is 16.4 Å². The van der Waals surface area contributed by atoms with Crippen LogP contribution in [0.3, 0.4) is 0 Å². The fourth-order valence-corrected chi connectivity index (χ4v) is 3.53. The van der Waals surface area contributed by atoms with Gasteiger partial charge in [0.2, 0.25) is 0 Å². The first-order chi connectivity index (χ1) is 10.2. The van der Waals surface area contributed by atoms with Gasteiger partial charge in [-0.25, -0.2) is 4.98 Å². The fourth-order valence-electron chi connectivity index (χ4n) is 2.67. The van der Waals surface area contributed by atoms with Gasteiger partial charge in [0.25, 0.3) is 5.91 Å². The highest BCUT2D eigenvalue weighted by molar-refractivity contribution is 7.18. The molecule has 0 radical (unpaired) electrons. The number of nitrogens with one attached hydrogen (secondary N) is 2. The van der Waals surface area contributed by atoms with Crippen molar-refractivity contribution in [1.82, 2.24) is 15.2 Å². The highest BCUT2D eigenvalue weighted by Gasteiger charge is 2.26. The molecular weight excluding hydrogens is 286 g/mol. The van der Waals surface area contributed by atoms with Gasteiger partial charge in [-0.05, 0) is 38.8 Å². The summed E-state index contributed by atoms with van der Waals surface area (Å²) in [6.45, 7) is 5.24. The minimum absolute atomic E-state index is 0.0863. The standard InChI is InChI=1S/C14H23N5OS/c1-2-19-7-3-4-10(8-19)16-13(20)11-12(15)18-14(21-11)17-9-5-6-9/h9-10H,2-8,15H2,1H3,(H,16,20)(H,17,18). The summed E-state index contributed by atoms with van der Waals surface area (Å²) < 4.78 is 0. The molecule has 3 rings (SSSR count). The molecule has 1 saturated carbocycles. The molecule has 1 aliphatic heterocycles. The number of thiazole rings is 1. The van der Waals surface area contributed by atoms with E-state index >= 15 is 0 Å². The van der Waals surface area contributed by atoms with E-state index in [1.54, 1.807) is 0 Å². The summed E-state index contributed by atoms with van der Waals surface area (Å²) in [7, 11) is 0. The average molecular weight is 309 g/mol. The van der Waals surface area contributed by atoms with Crippen LogP contribution in [0.25, 0.3) is 0 Å². The van der Waals surface area contributed by atoms with E-state index in [0.717, 1.165) is 37.6 Å². The molecule has 1 amide bonds. The molecule has 0 aromatic carbocycles. The molecule has 21 heavy (non-hydrogen) atoms. The van der Waals surface area contributed by atoms with Crippen LogP contribution >= 0.6 is 11.3 Å². The van der Waals surface area contributed by atoms with Gasteiger partial charge in [0.1, 0.15) is 10.7 Å². The normalized spacial score (nSPS) is 23.0. The van der Waals surface area contributed by atoms with Crippen molar-refractivity contribution in [2.45, 2.75) is 44.7 Å². The van der Waals surface area contributed by atoms with Crippen LogP contribution in [0.2, 0.25) is 0 Å². The van der Waals surface area contributed by atoms with Crippen molar-refractivity contribution in [3.8, 4) is 0 Å². The number of carbonyl (C=O) groups is 1. The molecule has 0 bridgehead atoms. The smallest absolute Gasteiger partial charge is 0.265 e. The van der Waals surface area contributed by atoms with Crippen molar-refractivity contribution in [3.63, 3.8) is 0 Å². The van der Waals surface area contributed by atoms with Gasteiger partial charge in [0, 0.05) is 18.6 Å². The Bertz CT molecular complexity index is 513. The Labute approximate surface area is 129 Å². The number of likely N-dealkylation sites (tertiary alicyclic amines) is 1. The summed E-state index contributed by atoms with van der Waals surface area (Å²) in [4.78, 5) is 19.5. The lowest BCUT2D eigenvalue weighted by Crippen LogP contribution is -2.47. The van der Waals surface area contributed by atoms with Crippen molar-refractivity contribution >= 4 is 28.2 Å². The maximum Gasteiger partial charge on any atom is 0.265 e. The lowest BCUT2D eigenvalue weighted by molar-refractivity contribution is 0.0910. The Morgan fingerprint density at radius 3 is 2.95 bits per heavy atom. The third-order valence-electron chi connectivity index (χ3n) is 4.05.